The molecular weight excluding hydrogens is 367 g/mol. The van der Waals surface area contributed by atoms with Crippen LogP contribution in [0.1, 0.15) is 33.6 Å². The number of ether oxygens (including phenoxy) is 1. The van der Waals surface area contributed by atoms with Crippen molar-refractivity contribution in [1.29, 1.82) is 0 Å². The Morgan fingerprint density at radius 3 is 2.18 bits per heavy atom. The molecule has 2 atom stereocenters. The van der Waals surface area contributed by atoms with Crippen LogP contribution in [-0.4, -0.2) is 108 Å². The summed E-state index contributed by atoms with van der Waals surface area (Å²) in [5.74, 6) is -0.0991. The van der Waals surface area contributed by atoms with Crippen LogP contribution in [-0.2, 0) is 14.3 Å². The highest BCUT2D eigenvalue weighted by molar-refractivity contribution is 5.86. The van der Waals surface area contributed by atoms with E-state index in [-0.39, 0.29) is 24.8 Å². The molecule has 3 fully saturated rings. The van der Waals surface area contributed by atoms with Gasteiger partial charge in [-0.25, -0.2) is 9.18 Å². The van der Waals surface area contributed by atoms with Crippen LogP contribution in [0.25, 0.3) is 0 Å². The fourth-order valence-electron chi connectivity index (χ4n) is 3.74. The van der Waals surface area contributed by atoms with Crippen molar-refractivity contribution in [2.75, 3.05) is 52.4 Å². The Bertz CT molecular complexity index is 612. The van der Waals surface area contributed by atoms with Gasteiger partial charge >= 0.3 is 6.09 Å². The van der Waals surface area contributed by atoms with Gasteiger partial charge in [-0.05, 0) is 27.2 Å². The number of carbonyl (C=O) groups excluding carboxylic acids is 3. The highest BCUT2D eigenvalue weighted by Gasteiger charge is 2.43. The number of halogens is 1. The molecule has 8 nitrogen and oxygen atoms in total. The first-order valence-electron chi connectivity index (χ1n) is 10.1. The first-order valence-corrected chi connectivity index (χ1v) is 10.1. The van der Waals surface area contributed by atoms with Crippen LogP contribution in [0.4, 0.5) is 9.18 Å². The van der Waals surface area contributed by atoms with Crippen molar-refractivity contribution in [2.24, 2.45) is 0 Å². The molecule has 3 aliphatic rings. The number of piperazine rings is 1. The Hall–Kier alpha value is -1.90. The highest BCUT2D eigenvalue weighted by Crippen LogP contribution is 2.25. The van der Waals surface area contributed by atoms with Crippen molar-refractivity contribution in [2.45, 2.75) is 51.4 Å². The summed E-state index contributed by atoms with van der Waals surface area (Å²) in [6.07, 6.45) is -0.799. The second-order valence-electron chi connectivity index (χ2n) is 8.82. The lowest BCUT2D eigenvalue weighted by Crippen LogP contribution is -2.56. The molecule has 3 amide bonds. The molecule has 3 saturated heterocycles. The van der Waals surface area contributed by atoms with Crippen LogP contribution in [0.15, 0.2) is 0 Å². The van der Waals surface area contributed by atoms with Crippen LogP contribution < -0.4 is 0 Å². The van der Waals surface area contributed by atoms with Crippen molar-refractivity contribution in [3.05, 3.63) is 0 Å². The number of hydrogen-bond acceptors (Lipinski definition) is 5. The molecule has 28 heavy (non-hydrogen) atoms. The van der Waals surface area contributed by atoms with Gasteiger partial charge in [0.05, 0.1) is 13.1 Å². The smallest absolute Gasteiger partial charge is 0.411 e. The molecule has 0 aromatic heterocycles. The molecule has 0 aromatic rings. The van der Waals surface area contributed by atoms with Gasteiger partial charge in [0.15, 0.2) is 0 Å². The van der Waals surface area contributed by atoms with E-state index in [1.54, 1.807) is 25.7 Å². The van der Waals surface area contributed by atoms with Gasteiger partial charge in [-0.2, -0.15) is 0 Å². The summed E-state index contributed by atoms with van der Waals surface area (Å²) in [6.45, 7) is 9.31. The molecule has 9 heteroatoms. The third-order valence-corrected chi connectivity index (χ3v) is 5.41. The number of alkyl halides is 1. The largest absolute Gasteiger partial charge is 0.444 e. The topological polar surface area (TPSA) is 73.4 Å². The van der Waals surface area contributed by atoms with E-state index in [2.05, 4.69) is 0 Å². The van der Waals surface area contributed by atoms with E-state index in [9.17, 15) is 18.8 Å². The molecule has 0 bridgehead atoms. The number of amides is 3. The van der Waals surface area contributed by atoms with E-state index in [1.807, 2.05) is 9.80 Å². The molecule has 0 aliphatic carbocycles. The van der Waals surface area contributed by atoms with Gasteiger partial charge in [0.2, 0.25) is 11.8 Å². The molecule has 158 valence electrons. The van der Waals surface area contributed by atoms with Gasteiger partial charge in [-0.3, -0.25) is 19.4 Å². The third kappa shape index (κ3) is 4.92. The van der Waals surface area contributed by atoms with E-state index < -0.39 is 23.9 Å². The lowest BCUT2D eigenvalue weighted by atomic mass is 10.1. The monoisotopic (exact) mass is 398 g/mol. The SMILES string of the molecule is CC(C)(C)OC(=O)N1C[C@@H](F)C[C@H]1C(=O)N1CCN(CC(=O)N2CCC2)CC1. The van der Waals surface area contributed by atoms with Crippen LogP contribution in [0.3, 0.4) is 0 Å². The first kappa shape index (κ1) is 20.8. The van der Waals surface area contributed by atoms with Crippen molar-refractivity contribution in [1.82, 2.24) is 19.6 Å². The Morgan fingerprint density at radius 1 is 1.00 bits per heavy atom. The standard InChI is InChI=1S/C19H31FN4O4/c1-19(2,3)28-18(27)24-12-14(20)11-15(24)17(26)23-9-7-21(8-10-23)13-16(25)22-5-4-6-22/h14-15H,4-13H2,1-3H3/t14-,15-/m0/s1. The van der Waals surface area contributed by atoms with Crippen molar-refractivity contribution in [3.63, 3.8) is 0 Å². The van der Waals surface area contributed by atoms with Gasteiger partial charge in [-0.15, -0.1) is 0 Å². The van der Waals surface area contributed by atoms with Crippen LogP contribution in [0, 0.1) is 0 Å². The van der Waals surface area contributed by atoms with E-state index in [0.717, 1.165) is 19.5 Å². The number of likely N-dealkylation sites (tertiary alicyclic amines) is 2. The molecule has 0 saturated carbocycles. The maximum Gasteiger partial charge on any atom is 0.411 e. The zero-order valence-electron chi connectivity index (χ0n) is 17.0. The van der Waals surface area contributed by atoms with E-state index in [1.165, 1.54) is 4.90 Å². The molecular formula is C19H31FN4O4. The van der Waals surface area contributed by atoms with Crippen LogP contribution in [0.2, 0.25) is 0 Å². The van der Waals surface area contributed by atoms with Gasteiger partial charge in [0.25, 0.3) is 0 Å². The Balaban J connectivity index is 1.52. The highest BCUT2D eigenvalue weighted by atomic mass is 19.1. The summed E-state index contributed by atoms with van der Waals surface area (Å²) >= 11 is 0. The average molecular weight is 398 g/mol. The lowest BCUT2D eigenvalue weighted by molar-refractivity contribution is -0.139. The first-order chi connectivity index (χ1) is 13.1. The quantitative estimate of drug-likeness (QED) is 0.700. The van der Waals surface area contributed by atoms with E-state index in [4.69, 9.17) is 4.74 Å². The van der Waals surface area contributed by atoms with Crippen LogP contribution >= 0.6 is 0 Å². The fraction of sp³-hybridized carbons (Fsp3) is 0.842. The molecule has 3 aliphatic heterocycles. The molecule has 0 aromatic carbocycles. The Kier molecular flexibility index (Phi) is 6.12. The minimum atomic E-state index is -1.23. The molecule has 0 N–H and O–H groups in total. The zero-order valence-corrected chi connectivity index (χ0v) is 17.0. The van der Waals surface area contributed by atoms with E-state index >= 15 is 0 Å². The summed E-state index contributed by atoms with van der Waals surface area (Å²) in [5.41, 5.74) is -0.701. The molecule has 0 radical (unpaired) electrons. The van der Waals surface area contributed by atoms with E-state index in [0.29, 0.717) is 32.7 Å². The van der Waals surface area contributed by atoms with Gasteiger partial charge < -0.3 is 14.5 Å². The van der Waals surface area contributed by atoms with Gasteiger partial charge in [-0.1, -0.05) is 0 Å². The molecule has 0 spiro atoms. The summed E-state index contributed by atoms with van der Waals surface area (Å²) in [6, 6.07) is -0.820. The molecule has 3 heterocycles. The summed E-state index contributed by atoms with van der Waals surface area (Å²) in [5, 5.41) is 0. The van der Waals surface area contributed by atoms with Crippen molar-refractivity contribution < 1.29 is 23.5 Å². The lowest BCUT2D eigenvalue weighted by Gasteiger charge is -2.38. The van der Waals surface area contributed by atoms with Crippen molar-refractivity contribution >= 4 is 17.9 Å². The Morgan fingerprint density at radius 2 is 1.64 bits per heavy atom. The zero-order chi connectivity index (χ0) is 20.5. The second-order valence-corrected chi connectivity index (χ2v) is 8.82. The predicted molar refractivity (Wildman–Crippen MR) is 100 cm³/mol. The van der Waals surface area contributed by atoms with Gasteiger partial charge in [0.1, 0.15) is 17.8 Å². The van der Waals surface area contributed by atoms with Crippen molar-refractivity contribution in [3.8, 4) is 0 Å². The maximum absolute atomic E-state index is 14.0. The third-order valence-electron chi connectivity index (χ3n) is 5.41. The normalized spacial score (nSPS) is 26.2. The number of carbonyl (C=O) groups is 3. The minimum Gasteiger partial charge on any atom is -0.444 e. The number of rotatable bonds is 3. The maximum atomic E-state index is 14.0. The number of hydrogen-bond donors (Lipinski definition) is 0. The number of nitrogens with zero attached hydrogens (tertiary/aromatic N) is 4. The van der Waals surface area contributed by atoms with Crippen LogP contribution in [0.5, 0.6) is 0 Å². The van der Waals surface area contributed by atoms with Gasteiger partial charge in [0, 0.05) is 45.7 Å². The predicted octanol–water partition coefficient (Wildman–Crippen LogP) is 0.710. The average Bonchev–Trinajstić information content (AvgIpc) is 2.94. The second kappa shape index (κ2) is 8.23. The minimum absolute atomic E-state index is 0.00569. The molecule has 3 rings (SSSR count). The molecule has 0 unspecified atom stereocenters. The summed E-state index contributed by atoms with van der Waals surface area (Å²) < 4.78 is 19.3. The summed E-state index contributed by atoms with van der Waals surface area (Å²) in [7, 11) is 0. The summed E-state index contributed by atoms with van der Waals surface area (Å²) in [4.78, 5) is 44.2. The fourth-order valence-corrected chi connectivity index (χ4v) is 3.74. The Labute approximate surface area is 165 Å².